The van der Waals surface area contributed by atoms with Crippen LogP contribution in [0, 0.1) is 17.8 Å². The maximum absolute atomic E-state index is 5.27. The molecule has 1 aromatic rings. The Morgan fingerprint density at radius 2 is 1.70 bits per heavy atom. The van der Waals surface area contributed by atoms with Crippen molar-refractivity contribution in [3.63, 3.8) is 0 Å². The second-order valence-electron chi connectivity index (χ2n) is 10.4. The third kappa shape index (κ3) is 2.87. The van der Waals surface area contributed by atoms with Gasteiger partial charge in [-0.3, -0.25) is 4.99 Å². The fourth-order valence-electron chi connectivity index (χ4n) is 7.19. The van der Waals surface area contributed by atoms with Gasteiger partial charge in [0.05, 0.1) is 11.1 Å². The van der Waals surface area contributed by atoms with E-state index in [4.69, 9.17) is 4.99 Å². The van der Waals surface area contributed by atoms with E-state index in [0.717, 1.165) is 24.3 Å². The van der Waals surface area contributed by atoms with E-state index in [1.54, 1.807) is 0 Å². The molecule has 1 aliphatic heterocycles. The van der Waals surface area contributed by atoms with E-state index in [2.05, 4.69) is 63.1 Å². The van der Waals surface area contributed by atoms with Crippen LogP contribution in [0.5, 0.6) is 0 Å². The minimum atomic E-state index is 0.0840. The topological polar surface area (TPSA) is 15.6 Å². The van der Waals surface area contributed by atoms with Crippen molar-refractivity contribution in [2.24, 2.45) is 22.7 Å². The summed E-state index contributed by atoms with van der Waals surface area (Å²) in [5, 5.41) is 0. The molecule has 4 aliphatic carbocycles. The summed E-state index contributed by atoms with van der Waals surface area (Å²) in [6, 6.07) is 6.96. The molecular formula is C25H34N2. The molecule has 2 heteroatoms. The molecule has 0 radical (unpaired) electrons. The zero-order valence-electron chi connectivity index (χ0n) is 17.5. The number of rotatable bonds is 3. The van der Waals surface area contributed by atoms with Crippen LogP contribution in [-0.2, 0) is 0 Å². The van der Waals surface area contributed by atoms with Crippen LogP contribution >= 0.6 is 0 Å². The molecule has 4 saturated carbocycles. The molecule has 0 amide bonds. The summed E-state index contributed by atoms with van der Waals surface area (Å²) >= 11 is 0. The number of likely N-dealkylation sites (N-methyl/N-ethyl adjacent to an activating group) is 1. The molecule has 1 aromatic carbocycles. The first-order chi connectivity index (χ1) is 12.9. The first-order valence-electron chi connectivity index (χ1n) is 11.0. The average Bonchev–Trinajstić information content (AvgIpc) is 2.59. The predicted octanol–water partition coefficient (Wildman–Crippen LogP) is 6.10. The average molecular weight is 363 g/mol. The van der Waals surface area contributed by atoms with Gasteiger partial charge in [0.1, 0.15) is 0 Å². The molecule has 4 fully saturated rings. The number of hydrogen-bond acceptors (Lipinski definition) is 2. The van der Waals surface area contributed by atoms with Gasteiger partial charge in [0.2, 0.25) is 0 Å². The van der Waals surface area contributed by atoms with Gasteiger partial charge in [0.15, 0.2) is 0 Å². The molecule has 6 rings (SSSR count). The maximum atomic E-state index is 5.27. The highest BCUT2D eigenvalue weighted by Gasteiger charge is 2.50. The standard InChI is InChI=1S/C25H34N2/c1-5-27-23-7-6-18(11-22(23)17(2)12-24(27,3)4)16-26-25-13-19-8-20(14-25)10-21(9-19)15-25/h6-7,11-12,16,19-21H,5,8-10,13-15H2,1-4H3. The summed E-state index contributed by atoms with van der Waals surface area (Å²) in [4.78, 5) is 7.78. The monoisotopic (exact) mass is 362 g/mol. The Kier molecular flexibility index (Phi) is 3.87. The number of aliphatic imine (C=N–C) groups is 1. The lowest BCUT2D eigenvalue weighted by molar-refractivity contribution is 0.00195. The van der Waals surface area contributed by atoms with Crippen LogP contribution in [0.25, 0.3) is 5.57 Å². The van der Waals surface area contributed by atoms with Crippen molar-refractivity contribution >= 4 is 17.5 Å². The summed E-state index contributed by atoms with van der Waals surface area (Å²) in [7, 11) is 0. The van der Waals surface area contributed by atoms with E-state index < -0.39 is 0 Å². The highest BCUT2D eigenvalue weighted by Crippen LogP contribution is 2.57. The van der Waals surface area contributed by atoms with Crippen molar-refractivity contribution in [3.8, 4) is 0 Å². The van der Waals surface area contributed by atoms with Crippen molar-refractivity contribution in [3.05, 3.63) is 35.4 Å². The van der Waals surface area contributed by atoms with E-state index >= 15 is 0 Å². The van der Waals surface area contributed by atoms with Crippen molar-refractivity contribution in [1.82, 2.24) is 0 Å². The zero-order valence-corrected chi connectivity index (χ0v) is 17.5. The summed E-state index contributed by atoms with van der Waals surface area (Å²) < 4.78 is 0. The maximum Gasteiger partial charge on any atom is 0.0616 e. The van der Waals surface area contributed by atoms with Gasteiger partial charge in [-0.25, -0.2) is 0 Å². The van der Waals surface area contributed by atoms with Gasteiger partial charge in [0.25, 0.3) is 0 Å². The smallest absolute Gasteiger partial charge is 0.0616 e. The molecule has 144 valence electrons. The summed E-state index contributed by atoms with van der Waals surface area (Å²) in [6.07, 6.45) is 13.1. The first kappa shape index (κ1) is 17.5. The minimum Gasteiger partial charge on any atom is -0.363 e. The quantitative estimate of drug-likeness (QED) is 0.594. The summed E-state index contributed by atoms with van der Waals surface area (Å²) in [6.45, 7) is 10.2. The molecule has 5 aliphatic rings. The van der Waals surface area contributed by atoms with Gasteiger partial charge in [-0.1, -0.05) is 12.1 Å². The lowest BCUT2D eigenvalue weighted by atomic mass is 9.53. The van der Waals surface area contributed by atoms with Gasteiger partial charge in [0, 0.05) is 24.0 Å². The highest BCUT2D eigenvalue weighted by molar-refractivity contribution is 5.88. The fraction of sp³-hybridized carbons (Fsp3) is 0.640. The molecule has 0 spiro atoms. The molecule has 4 bridgehead atoms. The Hall–Kier alpha value is -1.57. The molecule has 0 N–H and O–H groups in total. The number of benzene rings is 1. The second kappa shape index (κ2) is 5.96. The minimum absolute atomic E-state index is 0.0840. The third-order valence-corrected chi connectivity index (χ3v) is 7.81. The summed E-state index contributed by atoms with van der Waals surface area (Å²) in [5.74, 6) is 2.88. The predicted molar refractivity (Wildman–Crippen MR) is 116 cm³/mol. The fourth-order valence-corrected chi connectivity index (χ4v) is 7.19. The van der Waals surface area contributed by atoms with Gasteiger partial charge in [-0.2, -0.15) is 0 Å². The van der Waals surface area contributed by atoms with E-state index in [1.807, 2.05) is 0 Å². The normalized spacial score (nSPS) is 36.2. The number of hydrogen-bond donors (Lipinski definition) is 0. The lowest BCUT2D eigenvalue weighted by Gasteiger charge is -2.55. The molecule has 0 atom stereocenters. The number of nitrogens with zero attached hydrogens (tertiary/aromatic N) is 2. The van der Waals surface area contributed by atoms with Crippen LogP contribution in [0.2, 0.25) is 0 Å². The van der Waals surface area contributed by atoms with Crippen LogP contribution in [0.1, 0.15) is 77.3 Å². The number of fused-ring (bicyclic) bond motifs is 1. The Morgan fingerprint density at radius 3 is 2.30 bits per heavy atom. The van der Waals surface area contributed by atoms with Crippen molar-refractivity contribution in [2.75, 3.05) is 11.4 Å². The molecule has 27 heavy (non-hydrogen) atoms. The Morgan fingerprint density at radius 1 is 1.07 bits per heavy atom. The molecular weight excluding hydrogens is 328 g/mol. The Balaban J connectivity index is 1.44. The molecule has 0 saturated heterocycles. The van der Waals surface area contributed by atoms with E-state index in [1.165, 1.54) is 60.9 Å². The lowest BCUT2D eigenvalue weighted by Crippen LogP contribution is -2.49. The second-order valence-corrected chi connectivity index (χ2v) is 10.4. The van der Waals surface area contributed by atoms with Crippen LogP contribution in [0.3, 0.4) is 0 Å². The van der Waals surface area contributed by atoms with Gasteiger partial charge in [-0.05, 0) is 107 Å². The van der Waals surface area contributed by atoms with Crippen molar-refractivity contribution < 1.29 is 0 Å². The third-order valence-electron chi connectivity index (χ3n) is 7.81. The molecule has 0 unspecified atom stereocenters. The Bertz CT molecular complexity index is 778. The van der Waals surface area contributed by atoms with E-state index in [0.29, 0.717) is 0 Å². The van der Waals surface area contributed by atoms with Crippen molar-refractivity contribution in [2.45, 2.75) is 77.3 Å². The van der Waals surface area contributed by atoms with Gasteiger partial charge < -0.3 is 4.90 Å². The van der Waals surface area contributed by atoms with Crippen LogP contribution < -0.4 is 4.90 Å². The van der Waals surface area contributed by atoms with Gasteiger partial charge >= 0.3 is 0 Å². The van der Waals surface area contributed by atoms with E-state index in [-0.39, 0.29) is 11.1 Å². The number of anilines is 1. The highest BCUT2D eigenvalue weighted by atomic mass is 15.2. The Labute approximate surface area is 164 Å². The molecule has 1 heterocycles. The van der Waals surface area contributed by atoms with Gasteiger partial charge in [-0.15, -0.1) is 0 Å². The van der Waals surface area contributed by atoms with E-state index in [9.17, 15) is 0 Å². The van der Waals surface area contributed by atoms with Crippen LogP contribution in [0.15, 0.2) is 29.3 Å². The first-order valence-corrected chi connectivity index (χ1v) is 11.0. The van der Waals surface area contributed by atoms with Crippen LogP contribution in [-0.4, -0.2) is 23.8 Å². The number of allylic oxidation sites excluding steroid dienone is 1. The largest absolute Gasteiger partial charge is 0.363 e. The SMILES string of the molecule is CCN1c2ccc(C=NC34CC5CC(CC(C5)C3)C4)cc2C(C)=CC1(C)C. The van der Waals surface area contributed by atoms with Crippen LogP contribution in [0.4, 0.5) is 5.69 Å². The zero-order chi connectivity index (χ0) is 18.8. The summed E-state index contributed by atoms with van der Waals surface area (Å²) in [5.41, 5.74) is 5.77. The van der Waals surface area contributed by atoms with Crippen molar-refractivity contribution in [1.29, 1.82) is 0 Å². The molecule has 2 nitrogen and oxygen atoms in total. The molecule has 0 aromatic heterocycles.